The Morgan fingerprint density at radius 2 is 1.95 bits per heavy atom. The molecule has 0 amide bonds. The maximum absolute atomic E-state index is 12.6. The van der Waals surface area contributed by atoms with Gasteiger partial charge in [-0.2, -0.15) is 4.31 Å². The van der Waals surface area contributed by atoms with Crippen molar-refractivity contribution in [3.63, 3.8) is 0 Å². The molecule has 0 N–H and O–H groups in total. The van der Waals surface area contributed by atoms with Gasteiger partial charge in [-0.1, -0.05) is 13.3 Å². The quantitative estimate of drug-likeness (QED) is 0.853. The summed E-state index contributed by atoms with van der Waals surface area (Å²) in [6, 6.07) is 6.77. The maximum atomic E-state index is 12.6. The van der Waals surface area contributed by atoms with Crippen LogP contribution in [-0.4, -0.2) is 32.4 Å². The van der Waals surface area contributed by atoms with Gasteiger partial charge < -0.3 is 4.74 Å². The summed E-state index contributed by atoms with van der Waals surface area (Å²) in [5.41, 5.74) is 0. The van der Waals surface area contributed by atoms with Crippen molar-refractivity contribution in [2.75, 3.05) is 13.7 Å². The van der Waals surface area contributed by atoms with Crippen molar-refractivity contribution in [1.82, 2.24) is 4.31 Å². The maximum Gasteiger partial charge on any atom is 0.243 e. The zero-order valence-electron chi connectivity index (χ0n) is 11.5. The van der Waals surface area contributed by atoms with E-state index in [1.165, 1.54) is 0 Å². The van der Waals surface area contributed by atoms with Crippen LogP contribution in [0.1, 0.15) is 32.6 Å². The number of hydrogen-bond acceptors (Lipinski definition) is 3. The average molecular weight is 283 g/mol. The average Bonchev–Trinajstić information content (AvgIpc) is 2.47. The molecule has 0 saturated carbocycles. The van der Waals surface area contributed by atoms with Gasteiger partial charge in [0.25, 0.3) is 0 Å². The Morgan fingerprint density at radius 1 is 1.26 bits per heavy atom. The highest BCUT2D eigenvalue weighted by Crippen LogP contribution is 2.27. The van der Waals surface area contributed by atoms with Crippen LogP contribution in [0.3, 0.4) is 0 Å². The molecule has 1 aliphatic rings. The molecule has 2 rings (SSSR count). The van der Waals surface area contributed by atoms with Gasteiger partial charge in [-0.15, -0.1) is 0 Å². The Kier molecular flexibility index (Phi) is 4.47. The van der Waals surface area contributed by atoms with Crippen molar-refractivity contribution in [1.29, 1.82) is 0 Å². The third-order valence-electron chi connectivity index (χ3n) is 3.71. The van der Waals surface area contributed by atoms with Gasteiger partial charge in [-0.3, -0.25) is 0 Å². The van der Waals surface area contributed by atoms with E-state index in [2.05, 4.69) is 0 Å². The highest BCUT2D eigenvalue weighted by molar-refractivity contribution is 7.89. The number of rotatable bonds is 4. The van der Waals surface area contributed by atoms with E-state index in [-0.39, 0.29) is 6.04 Å². The Balaban J connectivity index is 2.29. The van der Waals surface area contributed by atoms with E-state index in [0.717, 1.165) is 25.7 Å². The van der Waals surface area contributed by atoms with Crippen molar-refractivity contribution in [2.24, 2.45) is 0 Å². The van der Waals surface area contributed by atoms with E-state index in [9.17, 15) is 8.42 Å². The number of methoxy groups -OCH3 is 1. The normalized spacial score (nSPS) is 21.3. The number of hydrogen-bond donors (Lipinski definition) is 0. The van der Waals surface area contributed by atoms with Crippen molar-refractivity contribution in [3.8, 4) is 5.75 Å². The molecule has 0 aromatic heterocycles. The van der Waals surface area contributed by atoms with Crippen molar-refractivity contribution in [2.45, 2.75) is 43.5 Å². The van der Waals surface area contributed by atoms with Crippen LogP contribution in [0.25, 0.3) is 0 Å². The summed E-state index contributed by atoms with van der Waals surface area (Å²) in [5.74, 6) is 0.671. The second kappa shape index (κ2) is 5.92. The molecule has 0 radical (unpaired) electrons. The number of nitrogens with zero attached hydrogens (tertiary/aromatic N) is 1. The molecule has 1 unspecified atom stereocenters. The van der Waals surface area contributed by atoms with Gasteiger partial charge >= 0.3 is 0 Å². The minimum atomic E-state index is -3.37. The molecular formula is C14H21NO3S. The zero-order valence-corrected chi connectivity index (χ0v) is 12.3. The summed E-state index contributed by atoms with van der Waals surface area (Å²) in [6.07, 6.45) is 3.90. The molecule has 4 nitrogen and oxygen atoms in total. The molecule has 1 atom stereocenters. The number of piperidine rings is 1. The van der Waals surface area contributed by atoms with Crippen LogP contribution in [-0.2, 0) is 10.0 Å². The Labute approximate surface area is 115 Å². The third kappa shape index (κ3) is 2.92. The molecule has 1 heterocycles. The minimum absolute atomic E-state index is 0.140. The number of ether oxygens (including phenoxy) is 1. The van der Waals surface area contributed by atoms with Crippen LogP contribution < -0.4 is 4.74 Å². The molecule has 1 saturated heterocycles. The Morgan fingerprint density at radius 3 is 2.53 bits per heavy atom. The highest BCUT2D eigenvalue weighted by atomic mass is 32.2. The molecule has 1 aromatic carbocycles. The predicted molar refractivity (Wildman–Crippen MR) is 74.8 cm³/mol. The smallest absolute Gasteiger partial charge is 0.243 e. The summed E-state index contributed by atoms with van der Waals surface area (Å²) >= 11 is 0. The summed E-state index contributed by atoms with van der Waals surface area (Å²) in [7, 11) is -1.80. The number of sulfonamides is 1. The van der Waals surface area contributed by atoms with E-state index in [0.29, 0.717) is 17.2 Å². The van der Waals surface area contributed by atoms with Gasteiger partial charge in [-0.25, -0.2) is 8.42 Å². The van der Waals surface area contributed by atoms with Crippen LogP contribution in [0.4, 0.5) is 0 Å². The van der Waals surface area contributed by atoms with E-state index in [1.54, 1.807) is 35.7 Å². The van der Waals surface area contributed by atoms with Crippen LogP contribution in [0.5, 0.6) is 5.75 Å². The lowest BCUT2D eigenvalue weighted by molar-refractivity contribution is 0.246. The van der Waals surface area contributed by atoms with E-state index in [4.69, 9.17) is 4.74 Å². The fraction of sp³-hybridized carbons (Fsp3) is 0.571. The fourth-order valence-corrected chi connectivity index (χ4v) is 4.35. The van der Waals surface area contributed by atoms with Crippen molar-refractivity contribution < 1.29 is 13.2 Å². The van der Waals surface area contributed by atoms with Gasteiger partial charge in [0.05, 0.1) is 12.0 Å². The van der Waals surface area contributed by atoms with Gasteiger partial charge in [0.2, 0.25) is 10.0 Å². The molecule has 0 bridgehead atoms. The Bertz CT molecular complexity index is 510. The molecule has 1 fully saturated rings. The van der Waals surface area contributed by atoms with Gasteiger partial charge in [0, 0.05) is 12.6 Å². The first-order valence-corrected chi connectivity index (χ1v) is 8.19. The summed E-state index contributed by atoms with van der Waals surface area (Å²) in [5, 5.41) is 0. The summed E-state index contributed by atoms with van der Waals surface area (Å²) in [4.78, 5) is 0.355. The molecular weight excluding hydrogens is 262 g/mol. The minimum Gasteiger partial charge on any atom is -0.497 e. The molecule has 1 aliphatic heterocycles. The third-order valence-corrected chi connectivity index (χ3v) is 5.68. The van der Waals surface area contributed by atoms with Crippen molar-refractivity contribution >= 4 is 10.0 Å². The lowest BCUT2D eigenvalue weighted by Crippen LogP contribution is -2.43. The predicted octanol–water partition coefficient (Wildman–Crippen LogP) is 2.65. The fourth-order valence-electron chi connectivity index (χ4n) is 2.58. The van der Waals surface area contributed by atoms with Gasteiger partial charge in [0.15, 0.2) is 0 Å². The van der Waals surface area contributed by atoms with Gasteiger partial charge in [0.1, 0.15) is 5.75 Å². The van der Waals surface area contributed by atoms with Crippen LogP contribution in [0, 0.1) is 0 Å². The van der Waals surface area contributed by atoms with Crippen LogP contribution >= 0.6 is 0 Å². The van der Waals surface area contributed by atoms with E-state index < -0.39 is 10.0 Å². The topological polar surface area (TPSA) is 46.6 Å². The van der Waals surface area contributed by atoms with E-state index in [1.807, 2.05) is 6.92 Å². The van der Waals surface area contributed by atoms with Gasteiger partial charge in [-0.05, 0) is 43.5 Å². The zero-order chi connectivity index (χ0) is 13.9. The second-order valence-corrected chi connectivity index (χ2v) is 6.74. The van der Waals surface area contributed by atoms with Crippen LogP contribution in [0.15, 0.2) is 29.2 Å². The second-order valence-electron chi connectivity index (χ2n) is 4.85. The molecule has 106 valence electrons. The van der Waals surface area contributed by atoms with Crippen molar-refractivity contribution in [3.05, 3.63) is 24.3 Å². The first-order valence-electron chi connectivity index (χ1n) is 6.75. The summed E-state index contributed by atoms with van der Waals surface area (Å²) in [6.45, 7) is 2.68. The monoisotopic (exact) mass is 283 g/mol. The largest absolute Gasteiger partial charge is 0.497 e. The molecule has 1 aromatic rings. The first kappa shape index (κ1) is 14.3. The number of benzene rings is 1. The summed E-state index contributed by atoms with van der Waals surface area (Å²) < 4.78 is 32.0. The highest BCUT2D eigenvalue weighted by Gasteiger charge is 2.32. The molecule has 19 heavy (non-hydrogen) atoms. The standard InChI is InChI=1S/C14H21NO3S/c1-3-12-6-4-5-11-15(12)19(16,17)14-9-7-13(18-2)8-10-14/h7-10,12H,3-6,11H2,1-2H3. The molecule has 0 spiro atoms. The van der Waals surface area contributed by atoms with E-state index >= 15 is 0 Å². The molecule has 5 heteroatoms. The lowest BCUT2D eigenvalue weighted by atomic mass is 10.0. The lowest BCUT2D eigenvalue weighted by Gasteiger charge is -2.34. The SMILES string of the molecule is CCC1CCCCN1S(=O)(=O)c1ccc(OC)cc1. The Hall–Kier alpha value is -1.07. The molecule has 0 aliphatic carbocycles. The first-order chi connectivity index (χ1) is 9.09. The van der Waals surface area contributed by atoms with Crippen LogP contribution in [0.2, 0.25) is 0 Å².